The van der Waals surface area contributed by atoms with Gasteiger partial charge in [0, 0.05) is 31.0 Å². The molecular weight excluding hydrogens is 276 g/mol. The molecule has 116 valence electrons. The van der Waals surface area contributed by atoms with Crippen molar-refractivity contribution in [3.8, 4) is 5.69 Å². The molecule has 0 bridgehead atoms. The number of hydrogen-bond acceptors (Lipinski definition) is 3. The van der Waals surface area contributed by atoms with Gasteiger partial charge in [-0.2, -0.15) is 5.10 Å². The Morgan fingerprint density at radius 3 is 3.09 bits per heavy atom. The van der Waals surface area contributed by atoms with Crippen LogP contribution in [0, 0.1) is 5.92 Å². The van der Waals surface area contributed by atoms with Crippen LogP contribution in [-0.4, -0.2) is 47.3 Å². The number of nitrogens with one attached hydrogen (secondary N) is 1. The maximum Gasteiger partial charge on any atom is 0.253 e. The summed E-state index contributed by atoms with van der Waals surface area (Å²) in [5.41, 5.74) is 1.65. The number of piperidine rings is 1. The van der Waals surface area contributed by atoms with E-state index in [1.165, 1.54) is 6.42 Å². The molecule has 5 heteroatoms. The molecule has 1 fully saturated rings. The predicted molar refractivity (Wildman–Crippen MR) is 86.1 cm³/mol. The summed E-state index contributed by atoms with van der Waals surface area (Å²) in [6, 6.07) is 9.55. The predicted octanol–water partition coefficient (Wildman–Crippen LogP) is 1.94. The molecule has 1 aromatic carbocycles. The van der Waals surface area contributed by atoms with E-state index >= 15 is 0 Å². The van der Waals surface area contributed by atoms with Crippen LogP contribution in [0.3, 0.4) is 0 Å². The summed E-state index contributed by atoms with van der Waals surface area (Å²) in [4.78, 5) is 14.7. The van der Waals surface area contributed by atoms with E-state index in [4.69, 9.17) is 0 Å². The monoisotopic (exact) mass is 298 g/mol. The van der Waals surface area contributed by atoms with E-state index in [0.29, 0.717) is 5.92 Å². The molecule has 0 spiro atoms. The van der Waals surface area contributed by atoms with Crippen LogP contribution >= 0.6 is 0 Å². The lowest BCUT2D eigenvalue weighted by molar-refractivity contribution is 0.0674. The smallest absolute Gasteiger partial charge is 0.253 e. The van der Waals surface area contributed by atoms with E-state index in [0.717, 1.165) is 37.3 Å². The second-order valence-electron chi connectivity index (χ2n) is 5.82. The van der Waals surface area contributed by atoms with Gasteiger partial charge in [-0.05, 0) is 56.6 Å². The van der Waals surface area contributed by atoms with Gasteiger partial charge in [-0.25, -0.2) is 4.68 Å². The number of rotatable bonds is 4. The molecule has 1 N–H and O–H groups in total. The first-order valence-corrected chi connectivity index (χ1v) is 7.82. The fourth-order valence-electron chi connectivity index (χ4n) is 3.09. The number of nitrogens with zero attached hydrogens (tertiary/aromatic N) is 3. The van der Waals surface area contributed by atoms with E-state index in [9.17, 15) is 4.79 Å². The van der Waals surface area contributed by atoms with E-state index in [1.807, 2.05) is 48.5 Å². The summed E-state index contributed by atoms with van der Waals surface area (Å²) in [7, 11) is 1.97. The molecule has 1 aliphatic heterocycles. The fourth-order valence-corrected chi connectivity index (χ4v) is 3.09. The number of hydrogen-bond donors (Lipinski definition) is 1. The van der Waals surface area contributed by atoms with Crippen LogP contribution in [0.2, 0.25) is 0 Å². The van der Waals surface area contributed by atoms with E-state index in [2.05, 4.69) is 10.4 Å². The summed E-state index contributed by atoms with van der Waals surface area (Å²) < 4.78 is 1.77. The normalized spacial score (nSPS) is 18.4. The quantitative estimate of drug-likeness (QED) is 0.938. The van der Waals surface area contributed by atoms with Gasteiger partial charge in [0.15, 0.2) is 0 Å². The third kappa shape index (κ3) is 3.20. The number of aromatic nitrogens is 2. The Kier molecular flexibility index (Phi) is 4.53. The van der Waals surface area contributed by atoms with E-state index in [-0.39, 0.29) is 5.91 Å². The van der Waals surface area contributed by atoms with Gasteiger partial charge >= 0.3 is 0 Å². The van der Waals surface area contributed by atoms with Crippen molar-refractivity contribution in [2.75, 3.05) is 26.7 Å². The first kappa shape index (κ1) is 14.8. The van der Waals surface area contributed by atoms with Crippen LogP contribution < -0.4 is 5.32 Å². The van der Waals surface area contributed by atoms with Gasteiger partial charge in [0.1, 0.15) is 0 Å². The molecule has 0 unspecified atom stereocenters. The summed E-state index contributed by atoms with van der Waals surface area (Å²) in [6.45, 7) is 2.66. The Morgan fingerprint density at radius 2 is 2.32 bits per heavy atom. The molecule has 5 nitrogen and oxygen atoms in total. The van der Waals surface area contributed by atoms with Gasteiger partial charge in [0.2, 0.25) is 0 Å². The van der Waals surface area contributed by atoms with Crippen LogP contribution in [-0.2, 0) is 0 Å². The highest BCUT2D eigenvalue weighted by atomic mass is 16.2. The van der Waals surface area contributed by atoms with Gasteiger partial charge < -0.3 is 10.2 Å². The van der Waals surface area contributed by atoms with E-state index in [1.54, 1.807) is 10.9 Å². The zero-order valence-electron chi connectivity index (χ0n) is 12.9. The average molecular weight is 298 g/mol. The van der Waals surface area contributed by atoms with Gasteiger partial charge in [0.25, 0.3) is 5.91 Å². The molecule has 1 aromatic heterocycles. The molecule has 2 heterocycles. The number of amides is 1. The molecule has 0 aliphatic carbocycles. The van der Waals surface area contributed by atoms with Crippen molar-refractivity contribution < 1.29 is 4.79 Å². The molecule has 3 rings (SSSR count). The molecule has 22 heavy (non-hydrogen) atoms. The highest BCUT2D eigenvalue weighted by Gasteiger charge is 2.24. The Bertz CT molecular complexity index is 621. The molecule has 1 amide bonds. The number of benzene rings is 1. The Morgan fingerprint density at radius 1 is 1.41 bits per heavy atom. The molecule has 1 aliphatic rings. The lowest BCUT2D eigenvalue weighted by atomic mass is 9.97. The highest BCUT2D eigenvalue weighted by Crippen LogP contribution is 2.19. The van der Waals surface area contributed by atoms with Crippen LogP contribution in [0.5, 0.6) is 0 Å². The number of carbonyl (C=O) groups is 1. The first-order valence-electron chi connectivity index (χ1n) is 7.82. The molecule has 1 saturated heterocycles. The summed E-state index contributed by atoms with van der Waals surface area (Å²) in [5.74, 6) is 0.673. The van der Waals surface area contributed by atoms with Crippen molar-refractivity contribution in [3.63, 3.8) is 0 Å². The van der Waals surface area contributed by atoms with Gasteiger partial charge in [-0.1, -0.05) is 6.07 Å². The van der Waals surface area contributed by atoms with Crippen molar-refractivity contribution in [1.82, 2.24) is 20.0 Å². The lowest BCUT2D eigenvalue weighted by Crippen LogP contribution is -2.42. The van der Waals surface area contributed by atoms with Crippen LogP contribution in [0.25, 0.3) is 5.69 Å². The Labute approximate surface area is 130 Å². The minimum absolute atomic E-state index is 0.120. The van der Waals surface area contributed by atoms with Crippen LogP contribution in [0.1, 0.15) is 23.2 Å². The van der Waals surface area contributed by atoms with Crippen LogP contribution in [0.4, 0.5) is 0 Å². The molecule has 0 saturated carbocycles. The average Bonchev–Trinajstić information content (AvgIpc) is 3.09. The third-order valence-electron chi connectivity index (χ3n) is 4.16. The van der Waals surface area contributed by atoms with Crippen molar-refractivity contribution in [2.45, 2.75) is 12.8 Å². The van der Waals surface area contributed by atoms with E-state index < -0.39 is 0 Å². The molecule has 2 aromatic rings. The number of likely N-dealkylation sites (tertiary alicyclic amines) is 1. The maximum atomic E-state index is 12.7. The summed E-state index contributed by atoms with van der Waals surface area (Å²) in [6.07, 6.45) is 5.89. The molecular formula is C17H22N4O. The third-order valence-corrected chi connectivity index (χ3v) is 4.16. The summed E-state index contributed by atoms with van der Waals surface area (Å²) >= 11 is 0. The first-order chi connectivity index (χ1) is 10.8. The minimum atomic E-state index is 0.120. The largest absolute Gasteiger partial charge is 0.338 e. The summed E-state index contributed by atoms with van der Waals surface area (Å²) in [5, 5.41) is 7.43. The maximum absolute atomic E-state index is 12.7. The number of carbonyl (C=O) groups excluding carboxylic acids is 1. The molecule has 1 atom stereocenters. The van der Waals surface area contributed by atoms with Gasteiger partial charge in [-0.15, -0.1) is 0 Å². The van der Waals surface area contributed by atoms with Gasteiger partial charge in [-0.3, -0.25) is 4.79 Å². The van der Waals surface area contributed by atoms with Gasteiger partial charge in [0.05, 0.1) is 5.69 Å². The molecule has 0 radical (unpaired) electrons. The minimum Gasteiger partial charge on any atom is -0.338 e. The highest BCUT2D eigenvalue weighted by molar-refractivity contribution is 5.94. The zero-order chi connectivity index (χ0) is 15.4. The zero-order valence-corrected chi connectivity index (χ0v) is 12.9. The topological polar surface area (TPSA) is 50.2 Å². The van der Waals surface area contributed by atoms with Crippen molar-refractivity contribution in [1.29, 1.82) is 0 Å². The van der Waals surface area contributed by atoms with Crippen molar-refractivity contribution >= 4 is 5.91 Å². The lowest BCUT2D eigenvalue weighted by Gasteiger charge is -2.32. The second kappa shape index (κ2) is 6.75. The van der Waals surface area contributed by atoms with Crippen LogP contribution in [0.15, 0.2) is 42.7 Å². The Balaban J connectivity index is 1.76. The Hall–Kier alpha value is -2.14. The standard InChI is InChI=1S/C17H22N4O/c1-18-12-14-5-3-9-20(13-14)17(22)15-6-2-7-16(11-15)21-10-4-8-19-21/h2,4,6-8,10-11,14,18H,3,5,9,12-13H2,1H3/t14-/m1/s1. The van der Waals surface area contributed by atoms with Crippen molar-refractivity contribution in [3.05, 3.63) is 48.3 Å². The SMILES string of the molecule is CNC[C@H]1CCCN(C(=O)c2cccc(-n3cccn3)c2)C1. The van der Waals surface area contributed by atoms with Crippen molar-refractivity contribution in [2.24, 2.45) is 5.92 Å². The second-order valence-corrected chi connectivity index (χ2v) is 5.82. The fraction of sp³-hybridized carbons (Fsp3) is 0.412.